The maximum Gasteiger partial charge on any atom is 0.319 e. The van der Waals surface area contributed by atoms with E-state index in [1.807, 2.05) is 19.1 Å². The minimum Gasteiger partial charge on any atom is -0.334 e. The number of piperidine rings is 1. The van der Waals surface area contributed by atoms with Crippen molar-refractivity contribution in [3.05, 3.63) is 62.6 Å². The van der Waals surface area contributed by atoms with E-state index in [0.717, 1.165) is 16.7 Å². The van der Waals surface area contributed by atoms with Crippen LogP contribution in [0.3, 0.4) is 0 Å². The summed E-state index contributed by atoms with van der Waals surface area (Å²) < 4.78 is 0. The normalized spacial score (nSPS) is 17.8. The van der Waals surface area contributed by atoms with Crippen LogP contribution in [0.5, 0.6) is 0 Å². The van der Waals surface area contributed by atoms with Crippen LogP contribution in [0.25, 0.3) is 0 Å². The molecule has 166 valence electrons. The molecule has 0 bridgehead atoms. The molecule has 8 nitrogen and oxygen atoms in total. The molecule has 5 amide bonds. The summed E-state index contributed by atoms with van der Waals surface area (Å²) in [5.74, 6) is -1.03. The quantitative estimate of drug-likeness (QED) is 0.590. The van der Waals surface area contributed by atoms with Crippen LogP contribution in [0, 0.1) is 6.92 Å². The van der Waals surface area contributed by atoms with Crippen molar-refractivity contribution >= 4 is 52.6 Å². The van der Waals surface area contributed by atoms with E-state index in [1.54, 1.807) is 18.2 Å². The fourth-order valence-electron chi connectivity index (χ4n) is 3.80. The van der Waals surface area contributed by atoms with Crippen molar-refractivity contribution in [1.82, 2.24) is 15.5 Å². The van der Waals surface area contributed by atoms with E-state index in [4.69, 9.17) is 23.2 Å². The SMILES string of the molecule is Cc1cc(Cl)c(NC(=O)NCc2ccc3c(c2)C(=O)N(C2CCC(=O)NC2=O)C3)cc1Cl. The van der Waals surface area contributed by atoms with Crippen molar-refractivity contribution in [1.29, 1.82) is 0 Å². The first-order valence-electron chi connectivity index (χ1n) is 10.00. The lowest BCUT2D eigenvalue weighted by molar-refractivity contribution is -0.136. The molecule has 2 aromatic rings. The van der Waals surface area contributed by atoms with Crippen molar-refractivity contribution in [3.63, 3.8) is 0 Å². The third-order valence-corrected chi connectivity index (χ3v) is 6.26. The van der Waals surface area contributed by atoms with Crippen LogP contribution in [-0.2, 0) is 22.7 Å². The molecule has 0 saturated carbocycles. The van der Waals surface area contributed by atoms with Gasteiger partial charge in [-0.15, -0.1) is 0 Å². The predicted octanol–water partition coefficient (Wildman–Crippen LogP) is 3.38. The molecule has 0 spiro atoms. The molecular weight excluding hydrogens is 455 g/mol. The van der Waals surface area contributed by atoms with Crippen molar-refractivity contribution in [2.24, 2.45) is 0 Å². The highest BCUT2D eigenvalue weighted by molar-refractivity contribution is 6.36. The first kappa shape index (κ1) is 22.1. The number of hydrogen-bond donors (Lipinski definition) is 3. The highest BCUT2D eigenvalue weighted by atomic mass is 35.5. The van der Waals surface area contributed by atoms with Gasteiger partial charge in [0.05, 0.1) is 10.7 Å². The van der Waals surface area contributed by atoms with Crippen LogP contribution < -0.4 is 16.0 Å². The zero-order chi connectivity index (χ0) is 23.0. The summed E-state index contributed by atoms with van der Waals surface area (Å²) in [6.07, 6.45) is 0.515. The molecule has 4 rings (SSSR count). The summed E-state index contributed by atoms with van der Waals surface area (Å²) in [5, 5.41) is 8.52. The molecule has 2 aliphatic heterocycles. The van der Waals surface area contributed by atoms with Crippen molar-refractivity contribution < 1.29 is 19.2 Å². The number of urea groups is 1. The van der Waals surface area contributed by atoms with E-state index in [1.165, 1.54) is 4.90 Å². The number of anilines is 1. The number of aryl methyl sites for hydroxylation is 1. The molecule has 1 unspecified atom stereocenters. The summed E-state index contributed by atoms with van der Waals surface area (Å²) in [4.78, 5) is 50.2. The molecule has 0 aliphatic carbocycles. The number of hydrogen-bond acceptors (Lipinski definition) is 4. The van der Waals surface area contributed by atoms with Gasteiger partial charge < -0.3 is 15.5 Å². The molecule has 2 aliphatic rings. The lowest BCUT2D eigenvalue weighted by Gasteiger charge is -2.29. The minimum atomic E-state index is -0.661. The first-order valence-corrected chi connectivity index (χ1v) is 10.8. The Morgan fingerprint density at radius 2 is 1.94 bits per heavy atom. The van der Waals surface area contributed by atoms with Gasteiger partial charge in [0.25, 0.3) is 5.91 Å². The number of nitrogens with one attached hydrogen (secondary N) is 3. The van der Waals surface area contributed by atoms with Gasteiger partial charge in [-0.3, -0.25) is 19.7 Å². The molecule has 1 fully saturated rings. The third-order valence-electron chi connectivity index (χ3n) is 5.54. The van der Waals surface area contributed by atoms with Crippen molar-refractivity contribution in [3.8, 4) is 0 Å². The van der Waals surface area contributed by atoms with Gasteiger partial charge in [-0.1, -0.05) is 35.3 Å². The number of nitrogens with zero attached hydrogens (tertiary/aromatic N) is 1. The van der Waals surface area contributed by atoms with E-state index in [2.05, 4.69) is 16.0 Å². The fraction of sp³-hybridized carbons (Fsp3) is 0.273. The largest absolute Gasteiger partial charge is 0.334 e. The Bertz CT molecular complexity index is 1150. The molecule has 0 radical (unpaired) electrons. The summed E-state index contributed by atoms with van der Waals surface area (Å²) in [7, 11) is 0. The number of rotatable bonds is 4. The van der Waals surface area contributed by atoms with E-state index in [9.17, 15) is 19.2 Å². The van der Waals surface area contributed by atoms with Gasteiger partial charge in [-0.2, -0.15) is 0 Å². The molecule has 2 heterocycles. The molecule has 32 heavy (non-hydrogen) atoms. The molecular formula is C22H20Cl2N4O4. The molecule has 10 heteroatoms. The highest BCUT2D eigenvalue weighted by Gasteiger charge is 2.39. The van der Waals surface area contributed by atoms with Gasteiger partial charge >= 0.3 is 6.03 Å². The van der Waals surface area contributed by atoms with Crippen molar-refractivity contribution in [2.75, 3.05) is 5.32 Å². The standard InChI is InChI=1S/C22H20Cl2N4O4/c1-11-6-16(24)17(8-15(11)23)26-22(32)25-9-12-2-3-13-10-28(21(31)14(13)7-12)18-4-5-19(29)27-20(18)30/h2-3,6-8,18H,4-5,9-10H2,1H3,(H2,25,26,32)(H,27,29,30). The Morgan fingerprint density at radius 1 is 1.16 bits per heavy atom. The van der Waals surface area contributed by atoms with Crippen LogP contribution >= 0.6 is 23.2 Å². The summed E-state index contributed by atoms with van der Waals surface area (Å²) in [6, 6.07) is 7.45. The second-order valence-electron chi connectivity index (χ2n) is 7.78. The number of benzene rings is 2. The van der Waals surface area contributed by atoms with Crippen LogP contribution in [-0.4, -0.2) is 34.7 Å². The molecule has 1 atom stereocenters. The zero-order valence-corrected chi connectivity index (χ0v) is 18.6. The molecule has 3 N–H and O–H groups in total. The average molecular weight is 475 g/mol. The van der Waals surface area contributed by atoms with Gasteiger partial charge in [-0.05, 0) is 48.2 Å². The van der Waals surface area contributed by atoms with Crippen LogP contribution in [0.1, 0.15) is 39.9 Å². The average Bonchev–Trinajstić information content (AvgIpc) is 3.06. The lowest BCUT2D eigenvalue weighted by Crippen LogP contribution is -2.52. The maximum absolute atomic E-state index is 12.9. The van der Waals surface area contributed by atoms with E-state index in [0.29, 0.717) is 34.3 Å². The molecule has 1 saturated heterocycles. The Morgan fingerprint density at radius 3 is 2.69 bits per heavy atom. The first-order chi connectivity index (χ1) is 15.2. The number of carbonyl (C=O) groups excluding carboxylic acids is 4. The highest BCUT2D eigenvalue weighted by Crippen LogP contribution is 2.29. The zero-order valence-electron chi connectivity index (χ0n) is 17.1. The Kier molecular flexibility index (Phi) is 6.08. The number of fused-ring (bicyclic) bond motifs is 1. The van der Waals surface area contributed by atoms with E-state index < -0.39 is 18.0 Å². The fourth-order valence-corrected chi connectivity index (χ4v) is 4.23. The summed E-state index contributed by atoms with van der Waals surface area (Å²) in [6.45, 7) is 2.30. The number of carbonyl (C=O) groups is 4. The minimum absolute atomic E-state index is 0.183. The summed E-state index contributed by atoms with van der Waals surface area (Å²) in [5.41, 5.74) is 3.21. The maximum atomic E-state index is 12.9. The Balaban J connectivity index is 1.40. The Labute approximate surface area is 194 Å². The van der Waals surface area contributed by atoms with E-state index >= 15 is 0 Å². The van der Waals surface area contributed by atoms with Crippen LogP contribution in [0.15, 0.2) is 30.3 Å². The van der Waals surface area contributed by atoms with Gasteiger partial charge in [-0.25, -0.2) is 4.79 Å². The van der Waals surface area contributed by atoms with Crippen LogP contribution in [0.2, 0.25) is 10.0 Å². The molecule has 2 aromatic carbocycles. The smallest absolute Gasteiger partial charge is 0.319 e. The topological polar surface area (TPSA) is 108 Å². The predicted molar refractivity (Wildman–Crippen MR) is 120 cm³/mol. The second-order valence-corrected chi connectivity index (χ2v) is 8.59. The Hall–Kier alpha value is -3.10. The van der Waals surface area contributed by atoms with Gasteiger partial charge in [0.1, 0.15) is 6.04 Å². The van der Waals surface area contributed by atoms with Crippen molar-refractivity contribution in [2.45, 2.75) is 38.9 Å². The lowest BCUT2D eigenvalue weighted by atomic mass is 10.0. The number of imide groups is 1. The van der Waals surface area contributed by atoms with Gasteiger partial charge in [0, 0.05) is 30.1 Å². The van der Waals surface area contributed by atoms with Crippen LogP contribution in [0.4, 0.5) is 10.5 Å². The summed E-state index contributed by atoms with van der Waals surface area (Å²) >= 11 is 12.2. The third kappa shape index (κ3) is 4.42. The molecule has 0 aromatic heterocycles. The second kappa shape index (κ2) is 8.80. The van der Waals surface area contributed by atoms with E-state index in [-0.39, 0.29) is 24.8 Å². The number of halogens is 2. The monoisotopic (exact) mass is 474 g/mol. The van der Waals surface area contributed by atoms with Gasteiger partial charge in [0.15, 0.2) is 0 Å². The van der Waals surface area contributed by atoms with Gasteiger partial charge in [0.2, 0.25) is 11.8 Å². The number of amides is 5.